The number of rotatable bonds is 1. The summed E-state index contributed by atoms with van der Waals surface area (Å²) in [4.78, 5) is 0. The Bertz CT molecular complexity index is 299. The minimum absolute atomic E-state index is 0.164. The van der Waals surface area contributed by atoms with Crippen LogP contribution in [0.3, 0.4) is 0 Å². The van der Waals surface area contributed by atoms with Gasteiger partial charge in [0.05, 0.1) is 5.37 Å². The molecule has 2 rings (SSSR count). The van der Waals surface area contributed by atoms with Crippen LogP contribution in [0.25, 0.3) is 0 Å². The quantitative estimate of drug-likeness (QED) is 0.766. The molecule has 1 aromatic carbocycles. The van der Waals surface area contributed by atoms with Crippen LogP contribution in [0.2, 0.25) is 0 Å². The minimum atomic E-state index is -0.164. The van der Waals surface area contributed by atoms with Gasteiger partial charge in [-0.3, -0.25) is 0 Å². The van der Waals surface area contributed by atoms with Crippen molar-refractivity contribution in [2.75, 3.05) is 6.54 Å². The van der Waals surface area contributed by atoms with Crippen LogP contribution in [-0.2, 0) is 0 Å². The monoisotopic (exact) mass is 211 g/mol. The van der Waals surface area contributed by atoms with E-state index in [2.05, 4.69) is 12.2 Å². The van der Waals surface area contributed by atoms with E-state index in [1.165, 1.54) is 24.1 Å². The van der Waals surface area contributed by atoms with Crippen LogP contribution < -0.4 is 5.32 Å². The first-order chi connectivity index (χ1) is 6.75. The summed E-state index contributed by atoms with van der Waals surface area (Å²) >= 11 is 1.91. The van der Waals surface area contributed by atoms with E-state index in [1.54, 1.807) is 0 Å². The van der Waals surface area contributed by atoms with E-state index in [4.69, 9.17) is 0 Å². The summed E-state index contributed by atoms with van der Waals surface area (Å²) in [5.41, 5.74) is 1.17. The molecule has 1 aliphatic rings. The number of hydrogen-bond donors (Lipinski definition) is 1. The SMILES string of the molecule is CC1CCNC(c2ccc(F)cc2)S1. The van der Waals surface area contributed by atoms with Crippen LogP contribution in [0.5, 0.6) is 0 Å². The van der Waals surface area contributed by atoms with Crippen LogP contribution in [0, 0.1) is 5.82 Å². The lowest BCUT2D eigenvalue weighted by Gasteiger charge is -2.28. The van der Waals surface area contributed by atoms with Crippen molar-refractivity contribution in [3.05, 3.63) is 35.6 Å². The van der Waals surface area contributed by atoms with Crippen LogP contribution in [-0.4, -0.2) is 11.8 Å². The lowest BCUT2D eigenvalue weighted by atomic mass is 10.2. The Balaban J connectivity index is 2.10. The number of thioether (sulfide) groups is 1. The fourth-order valence-corrected chi connectivity index (χ4v) is 2.85. The van der Waals surface area contributed by atoms with Crippen LogP contribution in [0.15, 0.2) is 24.3 Å². The lowest BCUT2D eigenvalue weighted by molar-refractivity contribution is 0.600. The maximum atomic E-state index is 12.7. The zero-order valence-electron chi connectivity index (χ0n) is 8.16. The normalized spacial score (nSPS) is 27.6. The van der Waals surface area contributed by atoms with E-state index in [0.717, 1.165) is 6.54 Å². The molecule has 0 bridgehead atoms. The molecule has 0 amide bonds. The van der Waals surface area contributed by atoms with Crippen molar-refractivity contribution in [2.24, 2.45) is 0 Å². The molecule has 1 heterocycles. The molecule has 3 heteroatoms. The maximum Gasteiger partial charge on any atom is 0.123 e. The minimum Gasteiger partial charge on any atom is -0.302 e. The van der Waals surface area contributed by atoms with Gasteiger partial charge in [0.25, 0.3) is 0 Å². The fourth-order valence-electron chi connectivity index (χ4n) is 1.60. The summed E-state index contributed by atoms with van der Waals surface area (Å²) in [6, 6.07) is 6.77. The number of benzene rings is 1. The highest BCUT2D eigenvalue weighted by atomic mass is 32.2. The first-order valence-corrected chi connectivity index (χ1v) is 5.84. The first-order valence-electron chi connectivity index (χ1n) is 4.90. The number of halogens is 1. The molecule has 0 saturated carbocycles. The van der Waals surface area contributed by atoms with Gasteiger partial charge in [-0.2, -0.15) is 0 Å². The van der Waals surface area contributed by atoms with Gasteiger partial charge < -0.3 is 5.32 Å². The highest BCUT2D eigenvalue weighted by Crippen LogP contribution is 2.34. The van der Waals surface area contributed by atoms with E-state index in [1.807, 2.05) is 23.9 Å². The smallest absolute Gasteiger partial charge is 0.123 e. The molecule has 1 aliphatic heterocycles. The van der Waals surface area contributed by atoms with Crippen LogP contribution >= 0.6 is 11.8 Å². The Kier molecular flexibility index (Phi) is 3.08. The predicted molar refractivity (Wildman–Crippen MR) is 58.8 cm³/mol. The molecule has 0 radical (unpaired) electrons. The second-order valence-corrected chi connectivity index (χ2v) is 5.17. The van der Waals surface area contributed by atoms with Gasteiger partial charge in [-0.1, -0.05) is 19.1 Å². The summed E-state index contributed by atoms with van der Waals surface area (Å²) in [6.07, 6.45) is 1.21. The molecule has 1 saturated heterocycles. The molecule has 1 fully saturated rings. The molecule has 76 valence electrons. The van der Waals surface area contributed by atoms with E-state index >= 15 is 0 Å². The van der Waals surface area contributed by atoms with Crippen LogP contribution in [0.4, 0.5) is 4.39 Å². The van der Waals surface area contributed by atoms with Crippen molar-refractivity contribution in [3.63, 3.8) is 0 Å². The lowest BCUT2D eigenvalue weighted by Crippen LogP contribution is -2.28. The highest BCUT2D eigenvalue weighted by molar-refractivity contribution is 8.00. The highest BCUT2D eigenvalue weighted by Gasteiger charge is 2.19. The standard InChI is InChI=1S/C11H14FNS/c1-8-6-7-13-11(14-8)9-2-4-10(12)5-3-9/h2-5,8,11,13H,6-7H2,1H3. The molecule has 0 aliphatic carbocycles. The first kappa shape index (κ1) is 9.99. The van der Waals surface area contributed by atoms with E-state index in [0.29, 0.717) is 10.6 Å². The number of hydrogen-bond acceptors (Lipinski definition) is 2. The Hall–Kier alpha value is -0.540. The molecule has 2 unspecified atom stereocenters. The third-order valence-electron chi connectivity index (χ3n) is 2.42. The van der Waals surface area contributed by atoms with E-state index in [9.17, 15) is 4.39 Å². The predicted octanol–water partition coefficient (Wildman–Crippen LogP) is 2.94. The maximum absolute atomic E-state index is 12.7. The van der Waals surface area contributed by atoms with E-state index in [-0.39, 0.29) is 5.82 Å². The van der Waals surface area contributed by atoms with Gasteiger partial charge in [0.15, 0.2) is 0 Å². The van der Waals surface area contributed by atoms with Gasteiger partial charge in [0.2, 0.25) is 0 Å². The molecule has 14 heavy (non-hydrogen) atoms. The third-order valence-corrected chi connectivity index (χ3v) is 3.83. The van der Waals surface area contributed by atoms with Gasteiger partial charge >= 0.3 is 0 Å². The van der Waals surface area contributed by atoms with Crippen molar-refractivity contribution in [1.82, 2.24) is 5.32 Å². The third kappa shape index (κ3) is 2.28. The topological polar surface area (TPSA) is 12.0 Å². The van der Waals surface area contributed by atoms with Crippen molar-refractivity contribution in [3.8, 4) is 0 Å². The van der Waals surface area contributed by atoms with Crippen molar-refractivity contribution < 1.29 is 4.39 Å². The van der Waals surface area contributed by atoms with Crippen molar-refractivity contribution in [2.45, 2.75) is 24.0 Å². The summed E-state index contributed by atoms with van der Waals surface area (Å²) in [7, 11) is 0. The van der Waals surface area contributed by atoms with Gasteiger partial charge in [0, 0.05) is 5.25 Å². The fraction of sp³-hybridized carbons (Fsp3) is 0.455. The molecule has 1 nitrogen and oxygen atoms in total. The van der Waals surface area contributed by atoms with Gasteiger partial charge in [-0.25, -0.2) is 4.39 Å². The molecule has 1 aromatic rings. The Morgan fingerprint density at radius 2 is 2.07 bits per heavy atom. The molecular weight excluding hydrogens is 197 g/mol. The Labute approximate surface area is 88.1 Å². The molecule has 0 spiro atoms. The average Bonchev–Trinajstić information content (AvgIpc) is 2.19. The van der Waals surface area contributed by atoms with Crippen molar-refractivity contribution in [1.29, 1.82) is 0 Å². The van der Waals surface area contributed by atoms with Gasteiger partial charge in [-0.15, -0.1) is 11.8 Å². The second kappa shape index (κ2) is 4.32. The Morgan fingerprint density at radius 1 is 1.36 bits per heavy atom. The summed E-state index contributed by atoms with van der Waals surface area (Å²) in [5.74, 6) is -0.164. The van der Waals surface area contributed by atoms with E-state index < -0.39 is 0 Å². The number of nitrogens with one attached hydrogen (secondary N) is 1. The average molecular weight is 211 g/mol. The zero-order chi connectivity index (χ0) is 9.97. The van der Waals surface area contributed by atoms with Gasteiger partial charge in [-0.05, 0) is 30.7 Å². The molecule has 0 aromatic heterocycles. The van der Waals surface area contributed by atoms with Gasteiger partial charge in [0.1, 0.15) is 5.82 Å². The van der Waals surface area contributed by atoms with Crippen molar-refractivity contribution >= 4 is 11.8 Å². The summed E-state index contributed by atoms with van der Waals surface area (Å²) in [6.45, 7) is 3.29. The Morgan fingerprint density at radius 3 is 2.71 bits per heavy atom. The molecular formula is C11H14FNS. The zero-order valence-corrected chi connectivity index (χ0v) is 8.98. The summed E-state index contributed by atoms with van der Waals surface area (Å²) < 4.78 is 12.7. The summed E-state index contributed by atoms with van der Waals surface area (Å²) in [5, 5.41) is 4.44. The molecule has 1 N–H and O–H groups in total. The second-order valence-electron chi connectivity index (χ2n) is 3.62. The molecule has 2 atom stereocenters. The largest absolute Gasteiger partial charge is 0.302 e. The van der Waals surface area contributed by atoms with Crippen LogP contribution in [0.1, 0.15) is 24.3 Å².